The summed E-state index contributed by atoms with van der Waals surface area (Å²) in [6.45, 7) is 10.2. The topological polar surface area (TPSA) is 69.6 Å². The quantitative estimate of drug-likeness (QED) is 0.666. The number of rotatable bonds is 7. The lowest BCUT2D eigenvalue weighted by Crippen LogP contribution is -2.44. The zero-order valence-electron chi connectivity index (χ0n) is 10.8. The summed E-state index contributed by atoms with van der Waals surface area (Å²) in [5, 5.41) is 11.4. The highest BCUT2D eigenvalue weighted by Gasteiger charge is 2.16. The van der Waals surface area contributed by atoms with E-state index in [-0.39, 0.29) is 19.1 Å². The predicted octanol–water partition coefficient (Wildman–Crippen LogP) is 1.56. The number of hydrogen-bond donors (Lipinski definition) is 2. The normalized spacial score (nSPS) is 12.0. The van der Waals surface area contributed by atoms with Crippen LogP contribution in [0, 0.1) is 11.8 Å². The van der Waals surface area contributed by atoms with Gasteiger partial charge in [-0.15, -0.1) is 6.58 Å². The first kappa shape index (κ1) is 15.5. The van der Waals surface area contributed by atoms with Gasteiger partial charge in [0.25, 0.3) is 0 Å². The molecule has 0 aliphatic carbocycles. The summed E-state index contributed by atoms with van der Waals surface area (Å²) < 4.78 is 0. The largest absolute Gasteiger partial charge is 0.480 e. The van der Waals surface area contributed by atoms with Crippen LogP contribution in [0.3, 0.4) is 0 Å². The van der Waals surface area contributed by atoms with Crippen LogP contribution < -0.4 is 5.32 Å². The van der Waals surface area contributed by atoms with E-state index >= 15 is 0 Å². The Balaban J connectivity index is 4.22. The molecule has 0 heterocycles. The van der Waals surface area contributed by atoms with Gasteiger partial charge < -0.3 is 15.3 Å². The predicted molar refractivity (Wildman–Crippen MR) is 66.8 cm³/mol. The molecule has 2 N–H and O–H groups in total. The zero-order chi connectivity index (χ0) is 13.4. The molecule has 0 bridgehead atoms. The summed E-state index contributed by atoms with van der Waals surface area (Å²) in [4.78, 5) is 23.5. The van der Waals surface area contributed by atoms with Gasteiger partial charge in [-0.25, -0.2) is 4.79 Å². The van der Waals surface area contributed by atoms with Crippen molar-refractivity contribution in [3.63, 3.8) is 0 Å². The SMILES string of the molecule is C=CCN(CC(=O)O)C(=O)NCC(C)C(C)C. The van der Waals surface area contributed by atoms with Crippen molar-refractivity contribution in [2.45, 2.75) is 20.8 Å². The Morgan fingerprint density at radius 3 is 2.41 bits per heavy atom. The molecule has 0 aromatic heterocycles. The van der Waals surface area contributed by atoms with Crippen molar-refractivity contribution in [3.05, 3.63) is 12.7 Å². The molecule has 0 aromatic rings. The van der Waals surface area contributed by atoms with E-state index in [0.29, 0.717) is 18.4 Å². The van der Waals surface area contributed by atoms with Gasteiger partial charge in [0.2, 0.25) is 0 Å². The van der Waals surface area contributed by atoms with Crippen LogP contribution in [0.2, 0.25) is 0 Å². The van der Waals surface area contributed by atoms with Crippen molar-refractivity contribution in [3.8, 4) is 0 Å². The third kappa shape index (κ3) is 6.60. The molecule has 0 aliphatic heterocycles. The Morgan fingerprint density at radius 2 is 2.00 bits per heavy atom. The van der Waals surface area contributed by atoms with Gasteiger partial charge in [0.05, 0.1) is 0 Å². The number of nitrogens with zero attached hydrogens (tertiary/aromatic N) is 1. The number of carbonyl (C=O) groups excluding carboxylic acids is 1. The summed E-state index contributed by atoms with van der Waals surface area (Å²) >= 11 is 0. The fourth-order valence-electron chi connectivity index (χ4n) is 1.13. The third-order valence-electron chi connectivity index (χ3n) is 2.68. The minimum atomic E-state index is -1.03. The van der Waals surface area contributed by atoms with Gasteiger partial charge in [-0.05, 0) is 11.8 Å². The molecule has 0 saturated heterocycles. The molecule has 0 aromatic carbocycles. The highest BCUT2D eigenvalue weighted by atomic mass is 16.4. The van der Waals surface area contributed by atoms with E-state index in [1.807, 2.05) is 6.92 Å². The number of urea groups is 1. The average molecular weight is 242 g/mol. The van der Waals surface area contributed by atoms with E-state index in [2.05, 4.69) is 25.7 Å². The maximum atomic E-state index is 11.7. The molecule has 98 valence electrons. The zero-order valence-corrected chi connectivity index (χ0v) is 10.8. The molecule has 0 fully saturated rings. The number of aliphatic carboxylic acids is 1. The molecular formula is C12H22N2O3. The average Bonchev–Trinajstić information content (AvgIpc) is 2.23. The fourth-order valence-corrected chi connectivity index (χ4v) is 1.13. The second kappa shape index (κ2) is 7.70. The molecule has 1 unspecified atom stereocenters. The first-order chi connectivity index (χ1) is 7.88. The first-order valence-electron chi connectivity index (χ1n) is 5.74. The van der Waals surface area contributed by atoms with E-state index in [0.717, 1.165) is 0 Å². The highest BCUT2D eigenvalue weighted by molar-refractivity contribution is 5.80. The van der Waals surface area contributed by atoms with Gasteiger partial charge in [-0.2, -0.15) is 0 Å². The number of amides is 2. The minimum Gasteiger partial charge on any atom is -0.480 e. The van der Waals surface area contributed by atoms with Gasteiger partial charge in [0.15, 0.2) is 0 Å². The van der Waals surface area contributed by atoms with Gasteiger partial charge in [-0.3, -0.25) is 4.79 Å². The molecular weight excluding hydrogens is 220 g/mol. The Kier molecular flexibility index (Phi) is 7.02. The number of carbonyl (C=O) groups is 2. The molecule has 0 saturated carbocycles. The Hall–Kier alpha value is -1.52. The van der Waals surface area contributed by atoms with Crippen LogP contribution in [0.15, 0.2) is 12.7 Å². The molecule has 0 aliphatic rings. The molecule has 2 amide bonds. The van der Waals surface area contributed by atoms with E-state index < -0.39 is 5.97 Å². The summed E-state index contributed by atoms with van der Waals surface area (Å²) in [7, 11) is 0. The van der Waals surface area contributed by atoms with Crippen LogP contribution in [0.25, 0.3) is 0 Å². The van der Waals surface area contributed by atoms with Gasteiger partial charge >= 0.3 is 12.0 Å². The second-order valence-corrected chi connectivity index (χ2v) is 4.47. The summed E-state index contributed by atoms with van der Waals surface area (Å²) in [6.07, 6.45) is 1.51. The Bertz CT molecular complexity index is 277. The minimum absolute atomic E-state index is 0.230. The second-order valence-electron chi connectivity index (χ2n) is 4.47. The van der Waals surface area contributed by atoms with Gasteiger partial charge in [0.1, 0.15) is 6.54 Å². The van der Waals surface area contributed by atoms with Gasteiger partial charge in [0, 0.05) is 13.1 Å². The maximum absolute atomic E-state index is 11.7. The van der Waals surface area contributed by atoms with Crippen molar-refractivity contribution in [1.29, 1.82) is 0 Å². The van der Waals surface area contributed by atoms with Crippen LogP contribution in [0.5, 0.6) is 0 Å². The van der Waals surface area contributed by atoms with Crippen molar-refractivity contribution >= 4 is 12.0 Å². The Labute approximate surface area is 102 Å². The standard InChI is InChI=1S/C12H22N2O3/c1-5-6-14(8-11(15)16)12(17)13-7-10(4)9(2)3/h5,9-10H,1,6-8H2,2-4H3,(H,13,17)(H,15,16). The number of carboxylic acid groups (broad SMARTS) is 1. The lowest BCUT2D eigenvalue weighted by atomic mass is 9.98. The van der Waals surface area contributed by atoms with Crippen LogP contribution in [0.4, 0.5) is 4.79 Å². The van der Waals surface area contributed by atoms with Crippen molar-refractivity contribution < 1.29 is 14.7 Å². The highest BCUT2D eigenvalue weighted by Crippen LogP contribution is 2.07. The molecule has 1 atom stereocenters. The van der Waals surface area contributed by atoms with E-state index in [1.165, 1.54) is 11.0 Å². The fraction of sp³-hybridized carbons (Fsp3) is 0.667. The molecule has 5 nitrogen and oxygen atoms in total. The van der Waals surface area contributed by atoms with Gasteiger partial charge in [-0.1, -0.05) is 26.8 Å². The lowest BCUT2D eigenvalue weighted by molar-refractivity contribution is -0.137. The molecule has 0 radical (unpaired) electrons. The molecule has 0 rings (SSSR count). The number of hydrogen-bond acceptors (Lipinski definition) is 2. The van der Waals surface area contributed by atoms with E-state index in [1.54, 1.807) is 0 Å². The Morgan fingerprint density at radius 1 is 1.41 bits per heavy atom. The number of carboxylic acids is 1. The monoisotopic (exact) mass is 242 g/mol. The van der Waals surface area contributed by atoms with Crippen LogP contribution >= 0.6 is 0 Å². The smallest absolute Gasteiger partial charge is 0.323 e. The summed E-state index contributed by atoms with van der Waals surface area (Å²) in [5.41, 5.74) is 0. The van der Waals surface area contributed by atoms with Crippen LogP contribution in [-0.4, -0.2) is 41.6 Å². The van der Waals surface area contributed by atoms with Crippen LogP contribution in [-0.2, 0) is 4.79 Å². The van der Waals surface area contributed by atoms with E-state index in [4.69, 9.17) is 5.11 Å². The first-order valence-corrected chi connectivity index (χ1v) is 5.74. The van der Waals surface area contributed by atoms with Crippen molar-refractivity contribution in [1.82, 2.24) is 10.2 Å². The molecule has 5 heteroatoms. The van der Waals surface area contributed by atoms with E-state index in [9.17, 15) is 9.59 Å². The maximum Gasteiger partial charge on any atom is 0.323 e. The summed E-state index contributed by atoms with van der Waals surface area (Å²) in [5.74, 6) is -0.198. The van der Waals surface area contributed by atoms with Crippen LogP contribution in [0.1, 0.15) is 20.8 Å². The van der Waals surface area contributed by atoms with Crippen molar-refractivity contribution in [2.24, 2.45) is 11.8 Å². The summed E-state index contributed by atoms with van der Waals surface area (Å²) in [6, 6.07) is -0.361. The lowest BCUT2D eigenvalue weighted by Gasteiger charge is -2.22. The third-order valence-corrected chi connectivity index (χ3v) is 2.68. The molecule has 0 spiro atoms. The number of nitrogens with one attached hydrogen (secondary N) is 1. The molecule has 17 heavy (non-hydrogen) atoms. The van der Waals surface area contributed by atoms with Crippen molar-refractivity contribution in [2.75, 3.05) is 19.6 Å².